The summed E-state index contributed by atoms with van der Waals surface area (Å²) in [5.41, 5.74) is 1.30. The van der Waals surface area contributed by atoms with Gasteiger partial charge in [-0.05, 0) is 37.0 Å². The van der Waals surface area contributed by atoms with Gasteiger partial charge in [0.15, 0.2) is 9.84 Å². The summed E-state index contributed by atoms with van der Waals surface area (Å²) in [7, 11) is -3.20. The van der Waals surface area contributed by atoms with Crippen LogP contribution in [0.3, 0.4) is 0 Å². The number of nitrogens with zero attached hydrogens (tertiary/aromatic N) is 2. The second-order valence-corrected chi connectivity index (χ2v) is 8.28. The van der Waals surface area contributed by atoms with E-state index >= 15 is 0 Å². The van der Waals surface area contributed by atoms with Gasteiger partial charge in [-0.25, -0.2) is 13.2 Å². The molecule has 0 saturated carbocycles. The predicted octanol–water partition coefficient (Wildman–Crippen LogP) is 3.01. The van der Waals surface area contributed by atoms with E-state index in [0.29, 0.717) is 17.1 Å². The lowest BCUT2D eigenvalue weighted by atomic mass is 9.95. The van der Waals surface area contributed by atoms with Crippen LogP contribution < -0.4 is 5.32 Å². The third-order valence-electron chi connectivity index (χ3n) is 3.98. The summed E-state index contributed by atoms with van der Waals surface area (Å²) in [6, 6.07) is 6.89. The van der Waals surface area contributed by atoms with Gasteiger partial charge in [0.05, 0.1) is 16.6 Å². The van der Waals surface area contributed by atoms with Crippen LogP contribution in [0.1, 0.15) is 36.4 Å². The Bertz CT molecular complexity index is 815. The van der Waals surface area contributed by atoms with E-state index < -0.39 is 9.84 Å². The Morgan fingerprint density at radius 3 is 2.88 bits per heavy atom. The molecule has 1 aliphatic heterocycles. The van der Waals surface area contributed by atoms with Crippen LogP contribution in [-0.4, -0.2) is 38.7 Å². The van der Waals surface area contributed by atoms with Crippen LogP contribution in [0.5, 0.6) is 0 Å². The number of rotatable bonds is 4. The molecular formula is C17H20ClN3O3S. The van der Waals surface area contributed by atoms with Crippen molar-refractivity contribution >= 4 is 27.5 Å². The number of hydrogen-bond donors (Lipinski definition) is 1. The number of amides is 2. The summed E-state index contributed by atoms with van der Waals surface area (Å²) in [4.78, 5) is 14.2. The van der Waals surface area contributed by atoms with Crippen LogP contribution in [0.4, 0.5) is 4.79 Å². The fraction of sp³-hybridized carbons (Fsp3) is 0.412. The zero-order valence-corrected chi connectivity index (χ0v) is 15.5. The minimum Gasteiger partial charge on any atom is -0.334 e. The molecule has 6 nitrogen and oxygen atoms in total. The molecule has 0 bridgehead atoms. The van der Waals surface area contributed by atoms with E-state index in [1.165, 1.54) is 6.08 Å². The third kappa shape index (κ3) is 5.48. The highest BCUT2D eigenvalue weighted by atomic mass is 35.5. The number of likely N-dealkylation sites (tertiary alicyclic amines) is 1. The number of urea groups is 1. The first-order valence-electron chi connectivity index (χ1n) is 7.92. The van der Waals surface area contributed by atoms with Gasteiger partial charge < -0.3 is 10.2 Å². The normalized spacial score (nSPS) is 18.1. The van der Waals surface area contributed by atoms with Gasteiger partial charge in [0.1, 0.15) is 6.07 Å². The number of halogens is 1. The summed E-state index contributed by atoms with van der Waals surface area (Å²) in [5, 5.41) is 13.1. The maximum absolute atomic E-state index is 12.5. The van der Waals surface area contributed by atoms with Gasteiger partial charge >= 0.3 is 6.03 Å². The zero-order valence-electron chi connectivity index (χ0n) is 13.9. The topological polar surface area (TPSA) is 90.3 Å². The molecule has 1 fully saturated rings. The highest BCUT2D eigenvalue weighted by molar-refractivity contribution is 7.93. The number of nitrogens with one attached hydrogen (secondary N) is 1. The first-order chi connectivity index (χ1) is 11.8. The standard InChI is InChI=1S/C17H20ClN3O3S/c1-25(23,24)10-4-8-20-17(22)21-9-3-2-5-16(21)13-6-7-14(12-19)15(18)11-13/h4,6-7,10-11,16H,2-3,5,8-9H2,1H3,(H,20,22)/b10-4+. The molecule has 1 aliphatic rings. The molecule has 1 atom stereocenters. The number of carbonyl (C=O) groups excluding carboxylic acids is 1. The van der Waals surface area contributed by atoms with Crippen molar-refractivity contribution < 1.29 is 13.2 Å². The Balaban J connectivity index is 2.10. The Morgan fingerprint density at radius 2 is 2.24 bits per heavy atom. The van der Waals surface area contributed by atoms with E-state index in [0.717, 1.165) is 36.5 Å². The first-order valence-corrected chi connectivity index (χ1v) is 10.3. The SMILES string of the molecule is CS(=O)(=O)/C=C/CNC(=O)N1CCCCC1c1ccc(C#N)c(Cl)c1. The molecule has 0 aliphatic carbocycles. The second-order valence-electron chi connectivity index (χ2n) is 5.94. The molecule has 25 heavy (non-hydrogen) atoms. The van der Waals surface area contributed by atoms with E-state index in [9.17, 15) is 13.2 Å². The summed E-state index contributed by atoms with van der Waals surface area (Å²) < 4.78 is 22.1. The minimum atomic E-state index is -3.20. The predicted molar refractivity (Wildman–Crippen MR) is 96.8 cm³/mol. The van der Waals surface area contributed by atoms with E-state index in [-0.39, 0.29) is 18.6 Å². The number of carbonyl (C=O) groups is 1. The van der Waals surface area contributed by atoms with Gasteiger partial charge in [-0.15, -0.1) is 0 Å². The summed E-state index contributed by atoms with van der Waals surface area (Å²) in [5.74, 6) is 0. The summed E-state index contributed by atoms with van der Waals surface area (Å²) >= 11 is 6.11. The van der Waals surface area contributed by atoms with E-state index in [1.54, 1.807) is 17.0 Å². The number of nitriles is 1. The van der Waals surface area contributed by atoms with Gasteiger partial charge in [0.25, 0.3) is 0 Å². The number of hydrogen-bond acceptors (Lipinski definition) is 4. The van der Waals surface area contributed by atoms with Gasteiger partial charge in [-0.2, -0.15) is 5.26 Å². The lowest BCUT2D eigenvalue weighted by molar-refractivity contribution is 0.152. The second kappa shape index (κ2) is 8.37. The van der Waals surface area contributed by atoms with Crippen molar-refractivity contribution in [3.63, 3.8) is 0 Å². The number of benzene rings is 1. The molecular weight excluding hydrogens is 362 g/mol. The molecule has 1 N–H and O–H groups in total. The maximum atomic E-state index is 12.5. The average Bonchev–Trinajstić information content (AvgIpc) is 2.57. The minimum absolute atomic E-state index is 0.113. The third-order valence-corrected chi connectivity index (χ3v) is 4.98. The molecule has 1 aromatic rings. The summed E-state index contributed by atoms with van der Waals surface area (Å²) in [6.07, 6.45) is 5.23. The van der Waals surface area contributed by atoms with Crippen molar-refractivity contribution in [3.05, 3.63) is 45.8 Å². The van der Waals surface area contributed by atoms with Crippen molar-refractivity contribution in [2.45, 2.75) is 25.3 Å². The van der Waals surface area contributed by atoms with Crippen LogP contribution in [0.2, 0.25) is 5.02 Å². The Morgan fingerprint density at radius 1 is 1.48 bits per heavy atom. The number of piperidine rings is 1. The molecule has 8 heteroatoms. The Labute approximate surface area is 153 Å². The van der Waals surface area contributed by atoms with E-state index in [2.05, 4.69) is 5.32 Å². The fourth-order valence-electron chi connectivity index (χ4n) is 2.82. The van der Waals surface area contributed by atoms with Crippen molar-refractivity contribution in [2.75, 3.05) is 19.3 Å². The van der Waals surface area contributed by atoms with Crippen LogP contribution in [0, 0.1) is 11.3 Å². The molecule has 2 amide bonds. The zero-order chi connectivity index (χ0) is 18.4. The van der Waals surface area contributed by atoms with Crippen LogP contribution in [0.25, 0.3) is 0 Å². The Kier molecular flexibility index (Phi) is 6.45. The molecule has 1 aromatic carbocycles. The molecule has 2 rings (SSSR count). The van der Waals surface area contributed by atoms with E-state index in [1.807, 2.05) is 12.1 Å². The lowest BCUT2D eigenvalue weighted by Crippen LogP contribution is -2.44. The molecule has 134 valence electrons. The summed E-state index contributed by atoms with van der Waals surface area (Å²) in [6.45, 7) is 0.757. The Hall–Kier alpha value is -2.04. The van der Waals surface area contributed by atoms with Crippen molar-refractivity contribution in [1.29, 1.82) is 5.26 Å². The fourth-order valence-corrected chi connectivity index (χ4v) is 3.50. The van der Waals surface area contributed by atoms with Crippen molar-refractivity contribution in [2.24, 2.45) is 0 Å². The number of sulfone groups is 1. The molecule has 0 aromatic heterocycles. The van der Waals surface area contributed by atoms with Gasteiger partial charge in [0, 0.05) is 24.8 Å². The highest BCUT2D eigenvalue weighted by Gasteiger charge is 2.28. The molecule has 1 heterocycles. The first kappa shape index (κ1) is 19.3. The van der Waals surface area contributed by atoms with Crippen molar-refractivity contribution in [3.8, 4) is 6.07 Å². The van der Waals surface area contributed by atoms with Crippen molar-refractivity contribution in [1.82, 2.24) is 10.2 Å². The van der Waals surface area contributed by atoms with Crippen LogP contribution >= 0.6 is 11.6 Å². The van der Waals surface area contributed by atoms with Gasteiger partial charge in [0.2, 0.25) is 0 Å². The maximum Gasteiger partial charge on any atom is 0.318 e. The monoisotopic (exact) mass is 381 g/mol. The quantitative estimate of drug-likeness (QED) is 0.867. The molecule has 1 unspecified atom stereocenters. The van der Waals surface area contributed by atoms with Crippen LogP contribution in [0.15, 0.2) is 29.7 Å². The van der Waals surface area contributed by atoms with Gasteiger partial charge in [-0.3, -0.25) is 0 Å². The average molecular weight is 382 g/mol. The molecule has 0 radical (unpaired) electrons. The smallest absolute Gasteiger partial charge is 0.318 e. The highest BCUT2D eigenvalue weighted by Crippen LogP contribution is 2.32. The molecule has 0 spiro atoms. The lowest BCUT2D eigenvalue weighted by Gasteiger charge is -2.36. The van der Waals surface area contributed by atoms with Gasteiger partial charge in [-0.1, -0.05) is 23.7 Å². The van der Waals surface area contributed by atoms with Crippen LogP contribution in [-0.2, 0) is 9.84 Å². The molecule has 1 saturated heterocycles. The van der Waals surface area contributed by atoms with E-state index in [4.69, 9.17) is 16.9 Å². The largest absolute Gasteiger partial charge is 0.334 e.